The third-order valence-electron chi connectivity index (χ3n) is 4.89. The van der Waals surface area contributed by atoms with Gasteiger partial charge in [-0.1, -0.05) is 12.1 Å². The first-order valence-corrected chi connectivity index (χ1v) is 10.0. The van der Waals surface area contributed by atoms with Crippen LogP contribution in [0, 0.1) is 5.92 Å². The zero-order chi connectivity index (χ0) is 20.9. The van der Waals surface area contributed by atoms with Crippen molar-refractivity contribution in [2.75, 3.05) is 18.4 Å². The lowest BCUT2D eigenvalue weighted by Gasteiger charge is -2.33. The van der Waals surface area contributed by atoms with Crippen LogP contribution in [0.1, 0.15) is 49.5 Å². The first-order valence-electron chi connectivity index (χ1n) is 10.0. The van der Waals surface area contributed by atoms with Gasteiger partial charge < -0.3 is 10.6 Å². The van der Waals surface area contributed by atoms with Crippen LogP contribution >= 0.6 is 0 Å². The highest BCUT2D eigenvalue weighted by Gasteiger charge is 2.27. The number of rotatable bonds is 5. The maximum atomic E-state index is 12.4. The van der Waals surface area contributed by atoms with E-state index in [9.17, 15) is 9.59 Å². The van der Waals surface area contributed by atoms with Gasteiger partial charge in [0, 0.05) is 23.7 Å². The number of hydrogen-bond donors (Lipinski definition) is 2. The molecular formula is C22H29N5O2. The summed E-state index contributed by atoms with van der Waals surface area (Å²) in [5.74, 6) is 0.0419. The van der Waals surface area contributed by atoms with Crippen molar-refractivity contribution < 1.29 is 9.59 Å². The van der Waals surface area contributed by atoms with E-state index in [0.717, 1.165) is 43.7 Å². The number of amides is 2. The van der Waals surface area contributed by atoms with Gasteiger partial charge in [0.15, 0.2) is 0 Å². The van der Waals surface area contributed by atoms with Gasteiger partial charge >= 0.3 is 0 Å². The molecule has 1 aromatic carbocycles. The van der Waals surface area contributed by atoms with Gasteiger partial charge in [-0.3, -0.25) is 14.5 Å². The van der Waals surface area contributed by atoms with Crippen molar-refractivity contribution in [1.29, 1.82) is 0 Å². The maximum absolute atomic E-state index is 12.4. The van der Waals surface area contributed by atoms with Gasteiger partial charge in [0.25, 0.3) is 5.91 Å². The minimum Gasteiger partial charge on any atom is -0.351 e. The van der Waals surface area contributed by atoms with Gasteiger partial charge in [0.2, 0.25) is 5.91 Å². The van der Waals surface area contributed by atoms with Gasteiger partial charge in [-0.15, -0.1) is 0 Å². The molecular weight excluding hydrogens is 366 g/mol. The molecule has 1 aliphatic rings. The third kappa shape index (κ3) is 6.35. The Kier molecular flexibility index (Phi) is 6.59. The second-order valence-electron chi connectivity index (χ2n) is 8.58. The van der Waals surface area contributed by atoms with Gasteiger partial charge in [0.05, 0.1) is 18.0 Å². The molecule has 0 saturated carbocycles. The summed E-state index contributed by atoms with van der Waals surface area (Å²) in [5.41, 5.74) is 2.17. The number of carbonyl (C=O) groups excluding carboxylic acids is 2. The standard InChI is InChI=1S/C22H29N5O2/c1-22(2,3)26-21(29)17-8-11-27(12-9-17)15-16-5-4-6-19(13-16)25-20(28)18-7-10-23-24-14-18/h4-7,10,13-14,17H,8-9,11-12,15H2,1-3H3,(H,25,28)(H,26,29). The van der Waals surface area contributed by atoms with Crippen molar-refractivity contribution in [2.24, 2.45) is 5.92 Å². The zero-order valence-corrected chi connectivity index (χ0v) is 17.3. The fourth-order valence-corrected chi connectivity index (χ4v) is 3.46. The fourth-order valence-electron chi connectivity index (χ4n) is 3.46. The molecule has 7 nitrogen and oxygen atoms in total. The van der Waals surface area contributed by atoms with E-state index in [0.29, 0.717) is 5.56 Å². The van der Waals surface area contributed by atoms with Gasteiger partial charge in [0.1, 0.15) is 0 Å². The molecule has 1 fully saturated rings. The molecule has 0 bridgehead atoms. The van der Waals surface area contributed by atoms with Crippen LogP contribution in [0.4, 0.5) is 5.69 Å². The monoisotopic (exact) mass is 395 g/mol. The van der Waals surface area contributed by atoms with Crippen LogP contribution < -0.4 is 10.6 Å². The molecule has 0 unspecified atom stereocenters. The summed E-state index contributed by atoms with van der Waals surface area (Å²) in [5, 5.41) is 13.4. The molecule has 2 N–H and O–H groups in total. The van der Waals surface area contributed by atoms with E-state index >= 15 is 0 Å². The van der Waals surface area contributed by atoms with Crippen LogP contribution in [0.25, 0.3) is 0 Å². The molecule has 1 aliphatic heterocycles. The summed E-state index contributed by atoms with van der Waals surface area (Å²) in [6, 6.07) is 9.50. The zero-order valence-electron chi connectivity index (χ0n) is 17.3. The molecule has 3 rings (SSSR count). The van der Waals surface area contributed by atoms with Crippen LogP contribution in [-0.4, -0.2) is 45.5 Å². The summed E-state index contributed by atoms with van der Waals surface area (Å²) in [7, 11) is 0. The molecule has 0 aliphatic carbocycles. The van der Waals surface area contributed by atoms with E-state index in [1.54, 1.807) is 6.07 Å². The summed E-state index contributed by atoms with van der Waals surface area (Å²) in [6.45, 7) is 8.61. The molecule has 154 valence electrons. The largest absolute Gasteiger partial charge is 0.351 e. The number of benzene rings is 1. The number of anilines is 1. The number of hydrogen-bond acceptors (Lipinski definition) is 5. The van der Waals surface area contributed by atoms with Gasteiger partial charge in [-0.25, -0.2) is 0 Å². The predicted molar refractivity (Wildman–Crippen MR) is 112 cm³/mol. The molecule has 0 atom stereocenters. The molecule has 1 aromatic heterocycles. The Morgan fingerprint density at radius 1 is 1.14 bits per heavy atom. The Morgan fingerprint density at radius 3 is 2.55 bits per heavy atom. The summed E-state index contributed by atoms with van der Waals surface area (Å²) >= 11 is 0. The van der Waals surface area contributed by atoms with Crippen molar-refractivity contribution in [3.63, 3.8) is 0 Å². The normalized spacial score (nSPS) is 15.7. The quantitative estimate of drug-likeness (QED) is 0.813. The van der Waals surface area contributed by atoms with Crippen molar-refractivity contribution in [1.82, 2.24) is 20.4 Å². The summed E-state index contributed by atoms with van der Waals surface area (Å²) in [6.07, 6.45) is 4.68. The minimum absolute atomic E-state index is 0.0880. The Hall–Kier alpha value is -2.80. The van der Waals surface area contributed by atoms with Crippen LogP contribution in [0.15, 0.2) is 42.7 Å². The highest BCUT2D eigenvalue weighted by atomic mass is 16.2. The van der Waals surface area contributed by atoms with Crippen LogP contribution in [0.3, 0.4) is 0 Å². The molecule has 2 heterocycles. The third-order valence-corrected chi connectivity index (χ3v) is 4.89. The van der Waals surface area contributed by atoms with Crippen LogP contribution in [-0.2, 0) is 11.3 Å². The lowest BCUT2D eigenvalue weighted by molar-refractivity contribution is -0.127. The Bertz CT molecular complexity index is 840. The van der Waals surface area contributed by atoms with E-state index in [1.807, 2.05) is 39.0 Å². The smallest absolute Gasteiger partial charge is 0.257 e. The Balaban J connectivity index is 1.52. The van der Waals surface area contributed by atoms with Crippen LogP contribution in [0.5, 0.6) is 0 Å². The molecule has 2 amide bonds. The van der Waals surface area contributed by atoms with Crippen molar-refractivity contribution >= 4 is 17.5 Å². The van der Waals surface area contributed by atoms with E-state index in [-0.39, 0.29) is 23.3 Å². The topological polar surface area (TPSA) is 87.2 Å². The number of piperidine rings is 1. The van der Waals surface area contributed by atoms with Gasteiger partial charge in [-0.2, -0.15) is 10.2 Å². The fraction of sp³-hybridized carbons (Fsp3) is 0.455. The second-order valence-corrected chi connectivity index (χ2v) is 8.58. The Labute approximate surface area is 171 Å². The second kappa shape index (κ2) is 9.13. The average molecular weight is 396 g/mol. The SMILES string of the molecule is CC(C)(C)NC(=O)C1CCN(Cc2cccc(NC(=O)c3ccnnc3)c2)CC1. The number of nitrogens with zero attached hydrogens (tertiary/aromatic N) is 3. The van der Waals surface area contributed by atoms with Gasteiger partial charge in [-0.05, 0) is 70.5 Å². The lowest BCUT2D eigenvalue weighted by atomic mass is 9.94. The Morgan fingerprint density at radius 2 is 1.90 bits per heavy atom. The number of aromatic nitrogens is 2. The molecule has 0 radical (unpaired) electrons. The lowest BCUT2D eigenvalue weighted by Crippen LogP contribution is -2.46. The highest BCUT2D eigenvalue weighted by Crippen LogP contribution is 2.21. The number of nitrogens with one attached hydrogen (secondary N) is 2. The van der Waals surface area contributed by atoms with E-state index in [1.165, 1.54) is 12.4 Å². The highest BCUT2D eigenvalue weighted by molar-refractivity contribution is 6.03. The van der Waals surface area contributed by atoms with Crippen molar-refractivity contribution in [3.05, 3.63) is 53.9 Å². The minimum atomic E-state index is -0.206. The average Bonchev–Trinajstić information content (AvgIpc) is 2.68. The molecule has 7 heteroatoms. The number of carbonyl (C=O) groups is 2. The van der Waals surface area contributed by atoms with Crippen LogP contribution in [0.2, 0.25) is 0 Å². The van der Waals surface area contributed by atoms with E-state index in [2.05, 4.69) is 31.8 Å². The maximum Gasteiger partial charge on any atom is 0.257 e. The molecule has 29 heavy (non-hydrogen) atoms. The van der Waals surface area contributed by atoms with E-state index < -0.39 is 0 Å². The van der Waals surface area contributed by atoms with Crippen molar-refractivity contribution in [2.45, 2.75) is 45.7 Å². The molecule has 0 spiro atoms. The number of likely N-dealkylation sites (tertiary alicyclic amines) is 1. The molecule has 2 aromatic rings. The summed E-state index contributed by atoms with van der Waals surface area (Å²) < 4.78 is 0. The van der Waals surface area contributed by atoms with Crippen molar-refractivity contribution in [3.8, 4) is 0 Å². The first kappa shape index (κ1) is 20.9. The molecule has 1 saturated heterocycles. The predicted octanol–water partition coefficient (Wildman–Crippen LogP) is 2.86. The first-order chi connectivity index (χ1) is 13.8. The van der Waals surface area contributed by atoms with E-state index in [4.69, 9.17) is 0 Å². The summed E-state index contributed by atoms with van der Waals surface area (Å²) in [4.78, 5) is 27.0.